The molecule has 5 rings (SSSR count). The third-order valence-corrected chi connectivity index (χ3v) is 7.91. The van der Waals surface area contributed by atoms with Gasteiger partial charge in [0.05, 0.1) is 5.69 Å². The molecule has 1 unspecified atom stereocenters. The quantitative estimate of drug-likeness (QED) is 0.523. The van der Waals surface area contributed by atoms with E-state index >= 15 is 0 Å². The van der Waals surface area contributed by atoms with E-state index in [2.05, 4.69) is 52.1 Å². The van der Waals surface area contributed by atoms with E-state index in [0.29, 0.717) is 11.0 Å². The SMILES string of the molecule is Cc1ccc([C@]23C[C@H]2CN(CC(C)Sc2nnc(-c4ocnc4C)n2C)C3)c(Cl)c1. The Bertz CT molecular complexity index is 1100. The highest BCUT2D eigenvalue weighted by Gasteiger charge is 2.61. The first kappa shape index (κ1) is 20.1. The van der Waals surface area contributed by atoms with Crippen molar-refractivity contribution in [3.8, 4) is 11.6 Å². The van der Waals surface area contributed by atoms with Crippen molar-refractivity contribution in [2.75, 3.05) is 19.6 Å². The van der Waals surface area contributed by atoms with Crippen molar-refractivity contribution in [3.05, 3.63) is 46.4 Å². The normalized spacial score (nSPS) is 24.2. The minimum absolute atomic E-state index is 0.261. The van der Waals surface area contributed by atoms with Crippen LogP contribution in [0.2, 0.25) is 5.02 Å². The second kappa shape index (κ2) is 7.39. The molecular formula is C22H26ClN5OS. The minimum atomic E-state index is 0.261. The third kappa shape index (κ3) is 3.37. The number of hydrogen-bond donors (Lipinski definition) is 0. The summed E-state index contributed by atoms with van der Waals surface area (Å²) in [6.07, 6.45) is 2.71. The van der Waals surface area contributed by atoms with Crippen LogP contribution in [0.1, 0.15) is 30.2 Å². The van der Waals surface area contributed by atoms with Crippen molar-refractivity contribution in [1.82, 2.24) is 24.6 Å². The summed E-state index contributed by atoms with van der Waals surface area (Å²) in [5.74, 6) is 2.13. The molecule has 1 aliphatic heterocycles. The Hall–Kier alpha value is -1.83. The fourth-order valence-electron chi connectivity index (χ4n) is 4.88. The number of aryl methyl sites for hydroxylation is 2. The van der Waals surface area contributed by atoms with Gasteiger partial charge in [0.25, 0.3) is 0 Å². The lowest BCUT2D eigenvalue weighted by molar-refractivity contribution is 0.302. The number of hydrogen-bond acceptors (Lipinski definition) is 6. The van der Waals surface area contributed by atoms with E-state index in [1.54, 1.807) is 11.8 Å². The van der Waals surface area contributed by atoms with E-state index in [1.165, 1.54) is 23.9 Å². The highest BCUT2D eigenvalue weighted by Crippen LogP contribution is 2.60. The topological polar surface area (TPSA) is 60.0 Å². The molecule has 1 aromatic carbocycles. The van der Waals surface area contributed by atoms with Crippen molar-refractivity contribution in [1.29, 1.82) is 0 Å². The second-order valence-corrected chi connectivity index (χ2v) is 10.6. The van der Waals surface area contributed by atoms with Crippen LogP contribution in [0.5, 0.6) is 0 Å². The molecule has 0 bridgehead atoms. The average Bonchev–Trinajstić information content (AvgIpc) is 2.98. The van der Waals surface area contributed by atoms with Gasteiger partial charge >= 0.3 is 0 Å². The number of thioether (sulfide) groups is 1. The predicted octanol–water partition coefficient (Wildman–Crippen LogP) is 4.49. The lowest BCUT2D eigenvalue weighted by Gasteiger charge is -2.24. The molecule has 1 saturated heterocycles. The van der Waals surface area contributed by atoms with Crippen LogP contribution < -0.4 is 0 Å². The van der Waals surface area contributed by atoms with Crippen molar-refractivity contribution < 1.29 is 4.42 Å². The van der Waals surface area contributed by atoms with Gasteiger partial charge in [-0.2, -0.15) is 0 Å². The Morgan fingerprint density at radius 1 is 1.33 bits per heavy atom. The standard InChI is InChI=1S/C22H26ClN5OS/c1-13-5-6-17(18(23)7-13)22-8-16(22)10-28(11-22)9-14(2)30-21-26-25-20(27(21)4)19-15(3)24-12-29-19/h5-7,12,14,16H,8-11H2,1-4H3/t14?,16-,22-/m0/s1. The third-order valence-electron chi connectivity index (χ3n) is 6.48. The first-order valence-corrected chi connectivity index (χ1v) is 11.6. The summed E-state index contributed by atoms with van der Waals surface area (Å²) in [5.41, 5.74) is 3.65. The van der Waals surface area contributed by atoms with Crippen LogP contribution in [0, 0.1) is 19.8 Å². The van der Waals surface area contributed by atoms with Crippen LogP contribution in [0.3, 0.4) is 0 Å². The van der Waals surface area contributed by atoms with Gasteiger partial charge in [0, 0.05) is 42.4 Å². The molecular weight excluding hydrogens is 418 g/mol. The molecule has 2 aromatic heterocycles. The molecule has 1 aliphatic carbocycles. The average molecular weight is 444 g/mol. The Balaban J connectivity index is 1.24. The molecule has 1 saturated carbocycles. The van der Waals surface area contributed by atoms with Gasteiger partial charge in [-0.15, -0.1) is 10.2 Å². The van der Waals surface area contributed by atoms with Crippen LogP contribution in [-0.2, 0) is 12.5 Å². The summed E-state index contributed by atoms with van der Waals surface area (Å²) in [6.45, 7) is 9.53. The lowest BCUT2D eigenvalue weighted by Crippen LogP contribution is -2.32. The molecule has 3 aromatic rings. The molecule has 158 valence electrons. The highest BCUT2D eigenvalue weighted by molar-refractivity contribution is 7.99. The highest BCUT2D eigenvalue weighted by atomic mass is 35.5. The number of halogens is 1. The van der Waals surface area contributed by atoms with Gasteiger partial charge < -0.3 is 13.9 Å². The van der Waals surface area contributed by atoms with E-state index < -0.39 is 0 Å². The van der Waals surface area contributed by atoms with Crippen LogP contribution in [0.15, 0.2) is 34.2 Å². The zero-order valence-electron chi connectivity index (χ0n) is 17.7. The molecule has 2 aliphatic rings. The number of aromatic nitrogens is 4. The first-order chi connectivity index (χ1) is 14.4. The van der Waals surface area contributed by atoms with Gasteiger partial charge in [0.1, 0.15) is 0 Å². The molecule has 3 atom stereocenters. The molecule has 0 N–H and O–H groups in total. The van der Waals surface area contributed by atoms with Gasteiger partial charge in [-0.25, -0.2) is 4.98 Å². The van der Waals surface area contributed by atoms with Gasteiger partial charge in [0.2, 0.25) is 5.82 Å². The molecule has 30 heavy (non-hydrogen) atoms. The number of likely N-dealkylation sites (tertiary alicyclic amines) is 1. The predicted molar refractivity (Wildman–Crippen MR) is 119 cm³/mol. The molecule has 6 nitrogen and oxygen atoms in total. The maximum Gasteiger partial charge on any atom is 0.202 e. The number of oxazole rings is 1. The summed E-state index contributed by atoms with van der Waals surface area (Å²) in [7, 11) is 1.98. The molecule has 0 radical (unpaired) electrons. The summed E-state index contributed by atoms with van der Waals surface area (Å²) in [5, 5.41) is 10.9. The second-order valence-electron chi connectivity index (χ2n) is 8.80. The fraction of sp³-hybridized carbons (Fsp3) is 0.500. The summed E-state index contributed by atoms with van der Waals surface area (Å²) >= 11 is 8.36. The van der Waals surface area contributed by atoms with E-state index in [9.17, 15) is 0 Å². The Kier molecular flexibility index (Phi) is 4.95. The van der Waals surface area contributed by atoms with Gasteiger partial charge in [-0.05, 0) is 43.4 Å². The lowest BCUT2D eigenvalue weighted by atomic mass is 9.94. The number of rotatable bonds is 6. The Morgan fingerprint density at radius 2 is 2.17 bits per heavy atom. The van der Waals surface area contributed by atoms with Crippen molar-refractivity contribution in [2.45, 2.75) is 43.0 Å². The van der Waals surface area contributed by atoms with Crippen LogP contribution in [0.4, 0.5) is 0 Å². The zero-order chi connectivity index (χ0) is 21.0. The van der Waals surface area contributed by atoms with Crippen LogP contribution in [0.25, 0.3) is 11.6 Å². The van der Waals surface area contributed by atoms with E-state index in [1.807, 2.05) is 18.5 Å². The fourth-order valence-corrected chi connectivity index (χ4v) is 6.28. The molecule has 2 fully saturated rings. The number of piperidine rings is 1. The van der Waals surface area contributed by atoms with Gasteiger partial charge in [-0.1, -0.05) is 42.4 Å². The maximum atomic E-state index is 6.61. The molecule has 0 spiro atoms. The van der Waals surface area contributed by atoms with Crippen molar-refractivity contribution in [3.63, 3.8) is 0 Å². The van der Waals surface area contributed by atoms with E-state index in [0.717, 1.165) is 47.2 Å². The number of benzene rings is 1. The molecule has 8 heteroatoms. The van der Waals surface area contributed by atoms with Crippen molar-refractivity contribution >= 4 is 23.4 Å². The molecule has 3 heterocycles. The Morgan fingerprint density at radius 3 is 2.90 bits per heavy atom. The summed E-state index contributed by atoms with van der Waals surface area (Å²) < 4.78 is 7.47. The van der Waals surface area contributed by atoms with Gasteiger partial charge in [-0.3, -0.25) is 0 Å². The molecule has 0 amide bonds. The monoisotopic (exact) mass is 443 g/mol. The van der Waals surface area contributed by atoms with E-state index in [4.69, 9.17) is 16.0 Å². The van der Waals surface area contributed by atoms with Crippen LogP contribution >= 0.6 is 23.4 Å². The minimum Gasteiger partial charge on any atom is -0.440 e. The maximum absolute atomic E-state index is 6.61. The zero-order valence-corrected chi connectivity index (χ0v) is 19.3. The summed E-state index contributed by atoms with van der Waals surface area (Å²) in [4.78, 5) is 6.74. The first-order valence-electron chi connectivity index (χ1n) is 10.3. The number of nitrogens with zero attached hydrogens (tertiary/aromatic N) is 5. The van der Waals surface area contributed by atoms with Crippen LogP contribution in [-0.4, -0.2) is 49.5 Å². The van der Waals surface area contributed by atoms with Crippen molar-refractivity contribution in [2.24, 2.45) is 13.0 Å². The Labute approximate surface area is 186 Å². The summed E-state index contributed by atoms with van der Waals surface area (Å²) in [6, 6.07) is 6.53. The van der Waals surface area contributed by atoms with E-state index in [-0.39, 0.29) is 5.41 Å². The largest absolute Gasteiger partial charge is 0.440 e. The van der Waals surface area contributed by atoms with Gasteiger partial charge in [0.15, 0.2) is 17.3 Å². The smallest absolute Gasteiger partial charge is 0.202 e. The number of fused-ring (bicyclic) bond motifs is 1.